The highest BCUT2D eigenvalue weighted by atomic mass is 16.6. The molecule has 0 aliphatic heterocycles. The minimum atomic E-state index is -0.490. The molecule has 0 saturated carbocycles. The van der Waals surface area contributed by atoms with E-state index in [0.717, 1.165) is 5.52 Å². The van der Waals surface area contributed by atoms with Crippen molar-refractivity contribution >= 4 is 39.2 Å². The van der Waals surface area contributed by atoms with Gasteiger partial charge in [-0.15, -0.1) is 0 Å². The third-order valence-corrected chi connectivity index (χ3v) is 3.89. The topological polar surface area (TPSA) is 114 Å². The first-order chi connectivity index (χ1) is 12.1. The number of nitro benzene ring substituents is 1. The van der Waals surface area contributed by atoms with E-state index in [2.05, 4.69) is 20.3 Å². The van der Waals surface area contributed by atoms with Crippen molar-refractivity contribution in [1.29, 1.82) is 0 Å². The third kappa shape index (κ3) is 2.45. The Labute approximate surface area is 140 Å². The van der Waals surface area contributed by atoms with Crippen LogP contribution in [0.5, 0.6) is 0 Å². The zero-order valence-corrected chi connectivity index (χ0v) is 12.8. The number of aromatic nitrogens is 3. The van der Waals surface area contributed by atoms with E-state index in [1.54, 1.807) is 30.6 Å². The molecule has 2 heterocycles. The van der Waals surface area contributed by atoms with Gasteiger partial charge in [0, 0.05) is 12.3 Å². The zero-order valence-electron chi connectivity index (χ0n) is 12.8. The van der Waals surface area contributed by atoms with Gasteiger partial charge in [0.25, 0.3) is 11.6 Å². The van der Waals surface area contributed by atoms with Gasteiger partial charge in [-0.1, -0.05) is 6.07 Å². The number of fused-ring (bicyclic) bond motifs is 2. The number of aromatic amines is 1. The first-order valence-corrected chi connectivity index (χ1v) is 7.41. The van der Waals surface area contributed by atoms with E-state index in [0.29, 0.717) is 16.6 Å². The summed E-state index contributed by atoms with van der Waals surface area (Å²) < 4.78 is 0. The first kappa shape index (κ1) is 14.8. The molecular formula is C17H11N5O3. The maximum absolute atomic E-state index is 12.7. The van der Waals surface area contributed by atoms with Crippen LogP contribution >= 0.6 is 0 Å². The van der Waals surface area contributed by atoms with Gasteiger partial charge in [0.1, 0.15) is 5.52 Å². The predicted octanol–water partition coefficient (Wildman–Crippen LogP) is 3.27. The second-order valence-corrected chi connectivity index (χ2v) is 5.35. The lowest BCUT2D eigenvalue weighted by molar-refractivity contribution is -0.383. The fourth-order valence-corrected chi connectivity index (χ4v) is 2.76. The van der Waals surface area contributed by atoms with Gasteiger partial charge in [-0.3, -0.25) is 19.9 Å². The molecular weight excluding hydrogens is 322 g/mol. The molecule has 0 saturated heterocycles. The molecule has 0 aliphatic rings. The zero-order chi connectivity index (χ0) is 17.4. The highest BCUT2D eigenvalue weighted by Crippen LogP contribution is 2.28. The summed E-state index contributed by atoms with van der Waals surface area (Å²) in [7, 11) is 0. The third-order valence-electron chi connectivity index (χ3n) is 3.89. The largest absolute Gasteiger partial charge is 0.345 e. The van der Waals surface area contributed by atoms with Crippen LogP contribution < -0.4 is 5.32 Å². The smallest absolute Gasteiger partial charge is 0.278 e. The Morgan fingerprint density at radius 2 is 1.96 bits per heavy atom. The SMILES string of the molecule is O=C(Nc1cccc2[nH]cnc12)c1ccc([N+](=O)[O-])c2cccnc12. The number of H-pyrrole nitrogens is 1. The van der Waals surface area contributed by atoms with Gasteiger partial charge in [0.05, 0.1) is 38.9 Å². The molecule has 0 radical (unpaired) electrons. The van der Waals surface area contributed by atoms with Crippen molar-refractivity contribution < 1.29 is 9.72 Å². The van der Waals surface area contributed by atoms with Crippen molar-refractivity contribution in [2.75, 3.05) is 5.32 Å². The summed E-state index contributed by atoms with van der Waals surface area (Å²) in [6, 6.07) is 11.3. The van der Waals surface area contributed by atoms with Crippen LogP contribution in [0.25, 0.3) is 21.9 Å². The summed E-state index contributed by atoms with van der Waals surface area (Å²) >= 11 is 0. The molecule has 0 fully saturated rings. The first-order valence-electron chi connectivity index (χ1n) is 7.41. The molecule has 0 aliphatic carbocycles. The highest BCUT2D eigenvalue weighted by Gasteiger charge is 2.19. The fraction of sp³-hybridized carbons (Fsp3) is 0. The van der Waals surface area contributed by atoms with Gasteiger partial charge in [-0.2, -0.15) is 0 Å². The van der Waals surface area contributed by atoms with Gasteiger partial charge in [0.2, 0.25) is 0 Å². The molecule has 8 nitrogen and oxygen atoms in total. The van der Waals surface area contributed by atoms with Gasteiger partial charge in [-0.05, 0) is 30.3 Å². The Morgan fingerprint density at radius 3 is 2.80 bits per heavy atom. The van der Waals surface area contributed by atoms with E-state index in [1.807, 2.05) is 6.07 Å². The van der Waals surface area contributed by atoms with Crippen molar-refractivity contribution in [3.05, 3.63) is 70.7 Å². The van der Waals surface area contributed by atoms with Crippen LogP contribution in [0.3, 0.4) is 0 Å². The van der Waals surface area contributed by atoms with Crippen LogP contribution in [0, 0.1) is 10.1 Å². The lowest BCUT2D eigenvalue weighted by Crippen LogP contribution is -2.13. The summed E-state index contributed by atoms with van der Waals surface area (Å²) in [5.41, 5.74) is 2.43. The number of carbonyl (C=O) groups excluding carboxylic acids is 1. The number of pyridine rings is 1. The number of carbonyl (C=O) groups is 1. The van der Waals surface area contributed by atoms with Gasteiger partial charge in [0.15, 0.2) is 0 Å². The van der Waals surface area contributed by atoms with Crippen molar-refractivity contribution in [3.8, 4) is 0 Å². The van der Waals surface area contributed by atoms with Crippen molar-refractivity contribution in [1.82, 2.24) is 15.0 Å². The monoisotopic (exact) mass is 333 g/mol. The number of nitro groups is 1. The van der Waals surface area contributed by atoms with Crippen LogP contribution in [-0.4, -0.2) is 25.8 Å². The molecule has 122 valence electrons. The molecule has 4 aromatic rings. The fourth-order valence-electron chi connectivity index (χ4n) is 2.76. The molecule has 0 unspecified atom stereocenters. The molecule has 4 rings (SSSR count). The number of rotatable bonds is 3. The molecule has 8 heteroatoms. The molecule has 2 N–H and O–H groups in total. The number of imidazole rings is 1. The van der Waals surface area contributed by atoms with Gasteiger partial charge in [-0.25, -0.2) is 4.98 Å². The van der Waals surface area contributed by atoms with Crippen LogP contribution in [0.1, 0.15) is 10.4 Å². The number of hydrogen-bond acceptors (Lipinski definition) is 5. The van der Waals surface area contributed by atoms with E-state index >= 15 is 0 Å². The second kappa shape index (κ2) is 5.68. The summed E-state index contributed by atoms with van der Waals surface area (Å²) in [5, 5.41) is 14.3. The van der Waals surface area contributed by atoms with Crippen molar-refractivity contribution in [2.45, 2.75) is 0 Å². The molecule has 2 aromatic carbocycles. The summed E-state index contributed by atoms with van der Waals surface area (Å²) in [6.45, 7) is 0. The summed E-state index contributed by atoms with van der Waals surface area (Å²) in [6.07, 6.45) is 3.04. The van der Waals surface area contributed by atoms with Crippen LogP contribution in [0.2, 0.25) is 0 Å². The average molecular weight is 333 g/mol. The minimum absolute atomic E-state index is 0.0888. The Balaban J connectivity index is 1.80. The quantitative estimate of drug-likeness (QED) is 0.441. The lowest BCUT2D eigenvalue weighted by atomic mass is 10.1. The molecule has 1 amide bonds. The summed E-state index contributed by atoms with van der Waals surface area (Å²) in [5.74, 6) is -0.408. The molecule has 0 atom stereocenters. The number of hydrogen-bond donors (Lipinski definition) is 2. The number of para-hydroxylation sites is 1. The average Bonchev–Trinajstić information content (AvgIpc) is 3.10. The van der Waals surface area contributed by atoms with Crippen molar-refractivity contribution in [3.63, 3.8) is 0 Å². The van der Waals surface area contributed by atoms with Gasteiger partial charge < -0.3 is 10.3 Å². The maximum atomic E-state index is 12.7. The molecule has 0 spiro atoms. The van der Waals surface area contributed by atoms with E-state index < -0.39 is 10.8 Å². The van der Waals surface area contributed by atoms with E-state index in [-0.39, 0.29) is 16.8 Å². The Kier molecular flexibility index (Phi) is 3.35. The van der Waals surface area contributed by atoms with Crippen LogP contribution in [0.15, 0.2) is 55.0 Å². The number of benzene rings is 2. The number of amides is 1. The summed E-state index contributed by atoms with van der Waals surface area (Å²) in [4.78, 5) is 34.7. The Bertz CT molecular complexity index is 1140. The predicted molar refractivity (Wildman–Crippen MR) is 92.4 cm³/mol. The van der Waals surface area contributed by atoms with Crippen LogP contribution in [-0.2, 0) is 0 Å². The Morgan fingerprint density at radius 1 is 1.08 bits per heavy atom. The lowest BCUT2D eigenvalue weighted by Gasteiger charge is -2.08. The van der Waals surface area contributed by atoms with E-state index in [1.165, 1.54) is 18.3 Å². The number of nitrogens with one attached hydrogen (secondary N) is 2. The molecule has 0 bridgehead atoms. The number of anilines is 1. The minimum Gasteiger partial charge on any atom is -0.345 e. The van der Waals surface area contributed by atoms with Gasteiger partial charge >= 0.3 is 0 Å². The van der Waals surface area contributed by atoms with Crippen molar-refractivity contribution in [2.24, 2.45) is 0 Å². The highest BCUT2D eigenvalue weighted by molar-refractivity contribution is 6.14. The number of non-ortho nitro benzene ring substituents is 1. The second-order valence-electron chi connectivity index (χ2n) is 5.35. The standard InChI is InChI=1S/C17H11N5O3/c23-17(21-13-5-1-4-12-16(13)20-9-19-12)11-6-7-14(22(24)25)10-3-2-8-18-15(10)11/h1-9H,(H,19,20)(H,21,23). The van der Waals surface area contributed by atoms with E-state index in [9.17, 15) is 14.9 Å². The maximum Gasteiger partial charge on any atom is 0.278 e. The molecule has 25 heavy (non-hydrogen) atoms. The Hall–Kier alpha value is -3.81. The normalized spacial score (nSPS) is 10.9. The molecule has 2 aromatic heterocycles. The van der Waals surface area contributed by atoms with Crippen LogP contribution in [0.4, 0.5) is 11.4 Å². The van der Waals surface area contributed by atoms with E-state index in [4.69, 9.17) is 0 Å². The number of nitrogens with zero attached hydrogens (tertiary/aromatic N) is 3.